The predicted octanol–water partition coefficient (Wildman–Crippen LogP) is 6.27. The van der Waals surface area contributed by atoms with Crippen molar-refractivity contribution in [2.75, 3.05) is 4.31 Å². The smallest absolute Gasteiger partial charge is 0.265 e. The van der Waals surface area contributed by atoms with Crippen molar-refractivity contribution in [3.05, 3.63) is 75.2 Å². The van der Waals surface area contributed by atoms with E-state index in [2.05, 4.69) is 10.3 Å². The van der Waals surface area contributed by atoms with Crippen LogP contribution in [0.25, 0.3) is 0 Å². The Hall–Kier alpha value is -2.56. The third-order valence-corrected chi connectivity index (χ3v) is 9.12. The zero-order chi connectivity index (χ0) is 26.5. The van der Waals surface area contributed by atoms with E-state index in [9.17, 15) is 22.0 Å². The van der Waals surface area contributed by atoms with E-state index in [1.54, 1.807) is 13.1 Å². The molecule has 1 unspecified atom stereocenters. The molecule has 194 valence electrons. The van der Waals surface area contributed by atoms with E-state index < -0.39 is 33.4 Å². The zero-order valence-corrected chi connectivity index (χ0v) is 22.6. The maximum Gasteiger partial charge on any atom is 0.265 e. The molecule has 1 amide bonds. The second-order valence-corrected chi connectivity index (χ2v) is 11.7. The van der Waals surface area contributed by atoms with Gasteiger partial charge < -0.3 is 5.32 Å². The van der Waals surface area contributed by atoms with Gasteiger partial charge in [-0.2, -0.15) is 0 Å². The van der Waals surface area contributed by atoms with Gasteiger partial charge >= 0.3 is 0 Å². The minimum absolute atomic E-state index is 0.0690. The number of nitrogens with zero attached hydrogens (tertiary/aromatic N) is 2. The average molecular weight is 556 g/mol. The van der Waals surface area contributed by atoms with Gasteiger partial charge in [-0.05, 0) is 62.6 Å². The van der Waals surface area contributed by atoms with E-state index in [1.807, 2.05) is 13.8 Å². The standard InChI is InChI=1S/C25H28ClF2N3O3S2/c1-4-19(5-2)30-24(32)13-9-20-15-29-25(35-20)16(3)31(23-14-18(27)8-12-22(23)28)36(33,34)21-10-6-17(26)7-11-21/h6-8,10-12,14-16,19H,4-5,9,13H2,1-3H3,(H,30,32). The van der Waals surface area contributed by atoms with E-state index in [1.165, 1.54) is 35.6 Å². The fourth-order valence-electron chi connectivity index (χ4n) is 3.68. The summed E-state index contributed by atoms with van der Waals surface area (Å²) >= 11 is 7.13. The van der Waals surface area contributed by atoms with Crippen molar-refractivity contribution in [2.45, 2.75) is 63.4 Å². The Balaban J connectivity index is 1.91. The summed E-state index contributed by atoms with van der Waals surface area (Å²) in [6.45, 7) is 5.58. The monoisotopic (exact) mass is 555 g/mol. The number of benzene rings is 2. The molecule has 36 heavy (non-hydrogen) atoms. The molecule has 0 fully saturated rings. The Labute approximate surface area is 219 Å². The van der Waals surface area contributed by atoms with Crippen molar-refractivity contribution in [1.82, 2.24) is 10.3 Å². The molecule has 1 aromatic heterocycles. The zero-order valence-electron chi connectivity index (χ0n) is 20.2. The molecule has 2 aromatic carbocycles. The lowest BCUT2D eigenvalue weighted by Crippen LogP contribution is -2.34. The van der Waals surface area contributed by atoms with E-state index in [-0.39, 0.29) is 23.3 Å². The summed E-state index contributed by atoms with van der Waals surface area (Å²) in [6.07, 6.45) is 3.96. The maximum atomic E-state index is 14.8. The molecule has 0 saturated carbocycles. The highest BCUT2D eigenvalue weighted by atomic mass is 35.5. The first-order valence-corrected chi connectivity index (χ1v) is 14.2. The molecule has 0 spiro atoms. The molecule has 1 atom stereocenters. The molecule has 1 heterocycles. The molecule has 0 aliphatic rings. The molecular formula is C25H28ClF2N3O3S2. The molecule has 1 N–H and O–H groups in total. The highest BCUT2D eigenvalue weighted by molar-refractivity contribution is 7.92. The third kappa shape index (κ3) is 6.60. The van der Waals surface area contributed by atoms with Crippen LogP contribution in [0.3, 0.4) is 0 Å². The Morgan fingerprint density at radius 2 is 1.81 bits per heavy atom. The molecule has 0 radical (unpaired) electrons. The largest absolute Gasteiger partial charge is 0.353 e. The second kappa shape index (κ2) is 12.1. The van der Waals surface area contributed by atoms with Crippen LogP contribution in [0.4, 0.5) is 14.5 Å². The molecule has 3 aromatic rings. The summed E-state index contributed by atoms with van der Waals surface area (Å²) in [4.78, 5) is 17.3. The van der Waals surface area contributed by atoms with Gasteiger partial charge in [-0.3, -0.25) is 9.10 Å². The van der Waals surface area contributed by atoms with Crippen LogP contribution in [0.2, 0.25) is 5.02 Å². The lowest BCUT2D eigenvalue weighted by molar-refractivity contribution is -0.121. The van der Waals surface area contributed by atoms with Crippen molar-refractivity contribution in [2.24, 2.45) is 0 Å². The van der Waals surface area contributed by atoms with Gasteiger partial charge in [0, 0.05) is 34.6 Å². The number of aryl methyl sites for hydroxylation is 1. The molecular weight excluding hydrogens is 528 g/mol. The minimum atomic E-state index is -4.32. The van der Waals surface area contributed by atoms with Gasteiger partial charge in [0.25, 0.3) is 10.0 Å². The highest BCUT2D eigenvalue weighted by Gasteiger charge is 2.34. The third-order valence-electron chi connectivity index (χ3n) is 5.75. The van der Waals surface area contributed by atoms with Gasteiger partial charge in [0.15, 0.2) is 0 Å². The van der Waals surface area contributed by atoms with Gasteiger partial charge in [-0.25, -0.2) is 22.2 Å². The maximum absolute atomic E-state index is 14.8. The average Bonchev–Trinajstić information content (AvgIpc) is 3.33. The van der Waals surface area contributed by atoms with Crippen molar-refractivity contribution in [1.29, 1.82) is 0 Å². The Kier molecular flexibility index (Phi) is 9.43. The molecule has 6 nitrogen and oxygen atoms in total. The first-order valence-electron chi connectivity index (χ1n) is 11.6. The van der Waals surface area contributed by atoms with Crippen LogP contribution in [0.15, 0.2) is 53.6 Å². The quantitative estimate of drug-likeness (QED) is 0.302. The second-order valence-electron chi connectivity index (χ2n) is 8.27. The lowest BCUT2D eigenvalue weighted by atomic mass is 10.1. The number of sulfonamides is 1. The number of amides is 1. The number of nitrogens with one attached hydrogen (secondary N) is 1. The Bertz CT molecular complexity index is 1300. The first-order chi connectivity index (χ1) is 17.1. The SMILES string of the molecule is CCC(CC)NC(=O)CCc1cnc(C(C)N(c2cc(F)ccc2F)S(=O)(=O)c2ccc(Cl)cc2)s1. The number of hydrogen-bond acceptors (Lipinski definition) is 5. The van der Waals surface area contributed by atoms with Crippen LogP contribution >= 0.6 is 22.9 Å². The number of thiazole rings is 1. The molecule has 11 heteroatoms. The van der Waals surface area contributed by atoms with Crippen LogP contribution < -0.4 is 9.62 Å². The van der Waals surface area contributed by atoms with Crippen LogP contribution in [0, 0.1) is 11.6 Å². The van der Waals surface area contributed by atoms with E-state index in [4.69, 9.17) is 11.6 Å². The van der Waals surface area contributed by atoms with E-state index in [0.29, 0.717) is 16.5 Å². The number of halogens is 3. The summed E-state index contributed by atoms with van der Waals surface area (Å²) < 4.78 is 57.0. The number of aromatic nitrogens is 1. The predicted molar refractivity (Wildman–Crippen MR) is 139 cm³/mol. The van der Waals surface area contributed by atoms with Crippen LogP contribution in [0.5, 0.6) is 0 Å². The number of rotatable bonds is 11. The number of anilines is 1. The minimum Gasteiger partial charge on any atom is -0.353 e. The topological polar surface area (TPSA) is 79.4 Å². The van der Waals surface area contributed by atoms with E-state index >= 15 is 0 Å². The van der Waals surface area contributed by atoms with Gasteiger partial charge in [-0.1, -0.05) is 25.4 Å². The number of hydrogen-bond donors (Lipinski definition) is 1. The summed E-state index contributed by atoms with van der Waals surface area (Å²) in [5.74, 6) is -1.74. The fraction of sp³-hybridized carbons (Fsp3) is 0.360. The van der Waals surface area contributed by atoms with Crippen LogP contribution in [0.1, 0.15) is 56.0 Å². The highest BCUT2D eigenvalue weighted by Crippen LogP contribution is 2.37. The lowest BCUT2D eigenvalue weighted by Gasteiger charge is -2.29. The fourth-order valence-corrected chi connectivity index (χ4v) is 6.46. The van der Waals surface area contributed by atoms with Gasteiger partial charge in [0.1, 0.15) is 16.6 Å². The Morgan fingerprint density at radius 1 is 1.14 bits per heavy atom. The Morgan fingerprint density at radius 3 is 2.44 bits per heavy atom. The van der Waals surface area contributed by atoms with E-state index in [0.717, 1.165) is 40.2 Å². The van der Waals surface area contributed by atoms with Gasteiger partial charge in [-0.15, -0.1) is 11.3 Å². The number of carbonyl (C=O) groups excluding carboxylic acids is 1. The molecule has 0 saturated heterocycles. The molecule has 0 aliphatic carbocycles. The van der Waals surface area contributed by atoms with Crippen molar-refractivity contribution in [3.8, 4) is 0 Å². The van der Waals surface area contributed by atoms with Crippen molar-refractivity contribution in [3.63, 3.8) is 0 Å². The number of carbonyl (C=O) groups is 1. The normalized spacial score (nSPS) is 12.5. The van der Waals surface area contributed by atoms with Gasteiger partial charge in [0.05, 0.1) is 16.6 Å². The van der Waals surface area contributed by atoms with Crippen LogP contribution in [-0.2, 0) is 21.2 Å². The summed E-state index contributed by atoms with van der Waals surface area (Å²) in [5, 5.41) is 3.70. The van der Waals surface area contributed by atoms with Crippen molar-refractivity contribution < 1.29 is 22.0 Å². The summed E-state index contributed by atoms with van der Waals surface area (Å²) in [6, 6.07) is 7.25. The summed E-state index contributed by atoms with van der Waals surface area (Å²) in [5.41, 5.74) is -0.432. The van der Waals surface area contributed by atoms with Crippen LogP contribution in [-0.4, -0.2) is 25.4 Å². The molecule has 3 rings (SSSR count). The summed E-state index contributed by atoms with van der Waals surface area (Å²) in [7, 11) is -4.32. The van der Waals surface area contributed by atoms with Gasteiger partial charge in [0.2, 0.25) is 5.91 Å². The molecule has 0 bridgehead atoms. The first kappa shape index (κ1) is 28.0. The van der Waals surface area contributed by atoms with Crippen molar-refractivity contribution >= 4 is 44.6 Å². The molecule has 0 aliphatic heterocycles.